The van der Waals surface area contributed by atoms with Crippen molar-refractivity contribution in [3.8, 4) is 0 Å². The molecular weight excluding hydrogens is 226 g/mol. The molecule has 1 heterocycles. The predicted octanol–water partition coefficient (Wildman–Crippen LogP) is 2.15. The molecule has 0 bridgehead atoms. The van der Waals surface area contributed by atoms with Gasteiger partial charge in [0.2, 0.25) is 0 Å². The van der Waals surface area contributed by atoms with Crippen LogP contribution < -0.4 is 11.1 Å². The van der Waals surface area contributed by atoms with Gasteiger partial charge in [-0.15, -0.1) is 0 Å². The van der Waals surface area contributed by atoms with E-state index < -0.39 is 0 Å². The van der Waals surface area contributed by atoms with E-state index in [9.17, 15) is 4.79 Å². The summed E-state index contributed by atoms with van der Waals surface area (Å²) in [5.41, 5.74) is 7.12. The molecule has 1 amide bonds. The van der Waals surface area contributed by atoms with Crippen molar-refractivity contribution < 1.29 is 4.79 Å². The highest BCUT2D eigenvalue weighted by atomic mass is 16.1. The van der Waals surface area contributed by atoms with E-state index in [0.29, 0.717) is 5.56 Å². The predicted molar refractivity (Wildman–Crippen MR) is 71.0 cm³/mol. The number of nitrogens with zero attached hydrogens (tertiary/aromatic N) is 1. The first-order valence-electron chi connectivity index (χ1n) is 5.75. The van der Waals surface area contributed by atoms with Crippen LogP contribution in [0.4, 0.5) is 5.82 Å². The van der Waals surface area contributed by atoms with Crippen LogP contribution in [0.3, 0.4) is 0 Å². The molecule has 4 nitrogen and oxygen atoms in total. The Morgan fingerprint density at radius 2 is 1.94 bits per heavy atom. The maximum Gasteiger partial charge on any atom is 0.255 e. The highest BCUT2D eigenvalue weighted by Crippen LogP contribution is 2.13. The van der Waals surface area contributed by atoms with Crippen molar-refractivity contribution in [2.75, 3.05) is 5.73 Å². The van der Waals surface area contributed by atoms with Crippen LogP contribution >= 0.6 is 0 Å². The summed E-state index contributed by atoms with van der Waals surface area (Å²) in [5, 5.41) is 2.89. The fraction of sp³-hybridized carbons (Fsp3) is 0.143. The van der Waals surface area contributed by atoms with E-state index in [4.69, 9.17) is 5.73 Å². The van der Waals surface area contributed by atoms with Gasteiger partial charge < -0.3 is 11.1 Å². The molecule has 1 unspecified atom stereocenters. The molecule has 0 saturated carbocycles. The third-order valence-electron chi connectivity index (χ3n) is 2.73. The number of amides is 1. The van der Waals surface area contributed by atoms with E-state index in [2.05, 4.69) is 10.3 Å². The van der Waals surface area contributed by atoms with Gasteiger partial charge in [-0.2, -0.15) is 0 Å². The number of carbonyl (C=O) groups is 1. The van der Waals surface area contributed by atoms with Crippen molar-refractivity contribution in [2.45, 2.75) is 13.0 Å². The Bertz CT molecular complexity index is 540. The Kier molecular flexibility index (Phi) is 3.57. The second-order valence-corrected chi connectivity index (χ2v) is 4.04. The number of aromatic nitrogens is 1. The lowest BCUT2D eigenvalue weighted by atomic mass is 10.1. The largest absolute Gasteiger partial charge is 0.383 e. The normalized spacial score (nSPS) is 11.8. The van der Waals surface area contributed by atoms with Gasteiger partial charge in [-0.25, -0.2) is 4.98 Å². The summed E-state index contributed by atoms with van der Waals surface area (Å²) < 4.78 is 0. The molecule has 92 valence electrons. The van der Waals surface area contributed by atoms with E-state index in [1.165, 1.54) is 0 Å². The Morgan fingerprint density at radius 3 is 2.61 bits per heavy atom. The molecule has 2 aromatic rings. The molecule has 2 rings (SSSR count). The summed E-state index contributed by atoms with van der Waals surface area (Å²) in [6.45, 7) is 1.93. The number of nitrogens with two attached hydrogens (primary N) is 1. The van der Waals surface area contributed by atoms with Crippen LogP contribution in [0.5, 0.6) is 0 Å². The van der Waals surface area contributed by atoms with E-state index in [1.807, 2.05) is 37.3 Å². The smallest absolute Gasteiger partial charge is 0.255 e. The summed E-state index contributed by atoms with van der Waals surface area (Å²) in [6, 6.07) is 13.0. The number of anilines is 1. The molecular formula is C14H15N3O. The molecule has 3 N–H and O–H groups in total. The molecule has 0 radical (unpaired) electrons. The van der Waals surface area contributed by atoms with Gasteiger partial charge >= 0.3 is 0 Å². The van der Waals surface area contributed by atoms with Crippen LogP contribution in [-0.4, -0.2) is 10.9 Å². The van der Waals surface area contributed by atoms with Crippen molar-refractivity contribution in [3.63, 3.8) is 0 Å². The van der Waals surface area contributed by atoms with Gasteiger partial charge in [0.05, 0.1) is 11.6 Å². The standard InChI is InChI=1S/C14H15N3O/c1-10(11-6-3-2-4-7-11)17-14(18)12-8-5-9-16-13(12)15/h2-10H,1H3,(H2,15,16)(H,17,18). The topological polar surface area (TPSA) is 68.0 Å². The zero-order valence-electron chi connectivity index (χ0n) is 10.1. The third-order valence-corrected chi connectivity index (χ3v) is 2.73. The number of carbonyl (C=O) groups excluding carboxylic acids is 1. The molecule has 1 atom stereocenters. The number of nitrogens with one attached hydrogen (secondary N) is 1. The van der Waals surface area contributed by atoms with E-state index in [1.54, 1.807) is 18.3 Å². The molecule has 1 aromatic carbocycles. The number of benzene rings is 1. The molecule has 0 aliphatic carbocycles. The summed E-state index contributed by atoms with van der Waals surface area (Å²) in [6.07, 6.45) is 1.56. The van der Waals surface area contributed by atoms with Crippen molar-refractivity contribution in [1.82, 2.24) is 10.3 Å². The first kappa shape index (κ1) is 12.1. The SMILES string of the molecule is CC(NC(=O)c1cccnc1N)c1ccccc1. The molecule has 0 saturated heterocycles. The maximum atomic E-state index is 12.0. The number of nitrogen functional groups attached to an aromatic ring is 1. The molecule has 0 aliphatic heterocycles. The average Bonchev–Trinajstić information content (AvgIpc) is 2.40. The zero-order chi connectivity index (χ0) is 13.0. The van der Waals surface area contributed by atoms with Gasteiger partial charge in [-0.1, -0.05) is 30.3 Å². The van der Waals surface area contributed by atoms with Crippen LogP contribution in [0.25, 0.3) is 0 Å². The Hall–Kier alpha value is -2.36. The molecule has 0 aliphatic rings. The van der Waals surface area contributed by atoms with Gasteiger partial charge in [0.1, 0.15) is 5.82 Å². The van der Waals surface area contributed by atoms with Gasteiger partial charge in [0.25, 0.3) is 5.91 Å². The van der Waals surface area contributed by atoms with Crippen molar-refractivity contribution in [1.29, 1.82) is 0 Å². The van der Waals surface area contributed by atoms with Gasteiger partial charge in [-0.3, -0.25) is 4.79 Å². The van der Waals surface area contributed by atoms with E-state index in [0.717, 1.165) is 5.56 Å². The minimum atomic E-state index is -0.211. The van der Waals surface area contributed by atoms with Crippen LogP contribution in [0.1, 0.15) is 28.9 Å². The van der Waals surface area contributed by atoms with Crippen molar-refractivity contribution in [2.24, 2.45) is 0 Å². The van der Waals surface area contributed by atoms with Crippen LogP contribution in [-0.2, 0) is 0 Å². The van der Waals surface area contributed by atoms with Crippen LogP contribution in [0.15, 0.2) is 48.7 Å². The monoisotopic (exact) mass is 241 g/mol. The maximum absolute atomic E-state index is 12.0. The first-order valence-corrected chi connectivity index (χ1v) is 5.75. The van der Waals surface area contributed by atoms with Crippen LogP contribution in [0, 0.1) is 0 Å². The fourth-order valence-corrected chi connectivity index (χ4v) is 1.71. The van der Waals surface area contributed by atoms with Crippen molar-refractivity contribution in [3.05, 3.63) is 59.8 Å². The lowest BCUT2D eigenvalue weighted by Crippen LogP contribution is -2.27. The highest BCUT2D eigenvalue weighted by Gasteiger charge is 2.13. The Morgan fingerprint density at radius 1 is 1.22 bits per heavy atom. The summed E-state index contributed by atoms with van der Waals surface area (Å²) in [4.78, 5) is 15.9. The van der Waals surface area contributed by atoms with Crippen molar-refractivity contribution >= 4 is 11.7 Å². The second-order valence-electron chi connectivity index (χ2n) is 4.04. The third kappa shape index (κ3) is 2.66. The lowest BCUT2D eigenvalue weighted by Gasteiger charge is -2.14. The fourth-order valence-electron chi connectivity index (χ4n) is 1.71. The number of hydrogen-bond donors (Lipinski definition) is 2. The molecule has 4 heteroatoms. The molecule has 18 heavy (non-hydrogen) atoms. The highest BCUT2D eigenvalue weighted by molar-refractivity contribution is 5.98. The number of pyridine rings is 1. The van der Waals surface area contributed by atoms with Gasteiger partial charge in [0.15, 0.2) is 0 Å². The lowest BCUT2D eigenvalue weighted by molar-refractivity contribution is 0.0940. The summed E-state index contributed by atoms with van der Waals surface area (Å²) in [7, 11) is 0. The van der Waals surface area contributed by atoms with Crippen LogP contribution in [0.2, 0.25) is 0 Å². The molecule has 0 spiro atoms. The Balaban J connectivity index is 2.11. The number of hydrogen-bond acceptors (Lipinski definition) is 3. The minimum Gasteiger partial charge on any atom is -0.383 e. The zero-order valence-corrected chi connectivity index (χ0v) is 10.1. The van der Waals surface area contributed by atoms with E-state index >= 15 is 0 Å². The van der Waals surface area contributed by atoms with Gasteiger partial charge in [-0.05, 0) is 24.6 Å². The van der Waals surface area contributed by atoms with Gasteiger partial charge in [0, 0.05) is 6.20 Å². The quantitative estimate of drug-likeness (QED) is 0.865. The number of rotatable bonds is 3. The second kappa shape index (κ2) is 5.31. The molecule has 0 fully saturated rings. The molecule has 1 aromatic heterocycles. The van der Waals surface area contributed by atoms with E-state index in [-0.39, 0.29) is 17.8 Å². The average molecular weight is 241 g/mol. The summed E-state index contributed by atoms with van der Waals surface area (Å²) >= 11 is 0. The minimum absolute atomic E-state index is 0.0710. The first-order chi connectivity index (χ1) is 8.68. The Labute approximate surface area is 106 Å². The summed E-state index contributed by atoms with van der Waals surface area (Å²) in [5.74, 6) is 0.0345.